The molecule has 4 nitrogen and oxygen atoms in total. The molecule has 5 heteroatoms. The molecule has 118 valence electrons. The summed E-state index contributed by atoms with van der Waals surface area (Å²) in [6.45, 7) is 1.26. The molecule has 0 aromatic heterocycles. The molecule has 0 radical (unpaired) electrons. The lowest BCUT2D eigenvalue weighted by molar-refractivity contribution is 0.347. The molecule has 1 aliphatic rings. The Labute approximate surface area is 132 Å². The van der Waals surface area contributed by atoms with Crippen molar-refractivity contribution in [3.8, 4) is 0 Å². The summed E-state index contributed by atoms with van der Waals surface area (Å²) in [5.41, 5.74) is 0.939. The van der Waals surface area contributed by atoms with Crippen LogP contribution in [0.5, 0.6) is 0 Å². The van der Waals surface area contributed by atoms with Crippen LogP contribution in [0.3, 0.4) is 0 Å². The molecule has 0 N–H and O–H groups in total. The smallest absolute Gasteiger partial charge is 0.243 e. The van der Waals surface area contributed by atoms with Gasteiger partial charge in [-0.25, -0.2) is 8.42 Å². The van der Waals surface area contributed by atoms with Gasteiger partial charge < -0.3 is 4.90 Å². The quantitative estimate of drug-likeness (QED) is 0.873. The first-order valence-corrected chi connectivity index (χ1v) is 9.15. The van der Waals surface area contributed by atoms with Crippen molar-refractivity contribution in [3.63, 3.8) is 0 Å². The van der Waals surface area contributed by atoms with Crippen molar-refractivity contribution in [3.05, 3.63) is 36.4 Å². The number of fused-ring (bicyclic) bond motifs is 1. The minimum absolute atomic E-state index is 0.427. The first-order chi connectivity index (χ1) is 10.5. The van der Waals surface area contributed by atoms with Crippen LogP contribution in [0.2, 0.25) is 0 Å². The van der Waals surface area contributed by atoms with Gasteiger partial charge in [0.15, 0.2) is 0 Å². The number of hydrogen-bond acceptors (Lipinski definition) is 3. The fourth-order valence-corrected chi connectivity index (χ4v) is 4.87. The van der Waals surface area contributed by atoms with Crippen LogP contribution in [0, 0.1) is 0 Å². The number of rotatable bonds is 3. The lowest BCUT2D eigenvalue weighted by Crippen LogP contribution is -2.35. The molecule has 1 heterocycles. The average Bonchev–Trinajstić information content (AvgIpc) is 2.54. The van der Waals surface area contributed by atoms with Crippen molar-refractivity contribution in [2.45, 2.75) is 24.2 Å². The van der Waals surface area contributed by atoms with Gasteiger partial charge in [-0.05, 0) is 30.4 Å². The predicted molar refractivity (Wildman–Crippen MR) is 90.9 cm³/mol. The van der Waals surface area contributed by atoms with E-state index < -0.39 is 10.0 Å². The first kappa shape index (κ1) is 15.3. The van der Waals surface area contributed by atoms with E-state index in [9.17, 15) is 8.42 Å². The fourth-order valence-electron chi connectivity index (χ4n) is 3.12. The van der Waals surface area contributed by atoms with Gasteiger partial charge in [0.25, 0.3) is 0 Å². The maximum atomic E-state index is 13.1. The van der Waals surface area contributed by atoms with E-state index in [4.69, 9.17) is 0 Å². The van der Waals surface area contributed by atoms with Gasteiger partial charge in [-0.15, -0.1) is 0 Å². The summed E-state index contributed by atoms with van der Waals surface area (Å²) in [4.78, 5) is 2.40. The molecule has 1 saturated heterocycles. The molecule has 0 bridgehead atoms. The van der Waals surface area contributed by atoms with Gasteiger partial charge >= 0.3 is 0 Å². The SMILES string of the molecule is CN(C)c1cccc2cccc(S(=O)(=O)N3CCCCC3)c12. The Hall–Kier alpha value is -1.59. The number of sulfonamides is 1. The zero-order valence-corrected chi connectivity index (χ0v) is 13.9. The molecule has 2 aromatic carbocycles. The monoisotopic (exact) mass is 318 g/mol. The molecule has 3 rings (SSSR count). The highest BCUT2D eigenvalue weighted by Gasteiger charge is 2.28. The molecule has 0 unspecified atom stereocenters. The standard InChI is InChI=1S/C17H22N2O2S/c1-18(2)15-10-6-8-14-9-7-11-16(17(14)15)22(20,21)19-12-4-3-5-13-19/h6-11H,3-5,12-13H2,1-2H3. The Morgan fingerprint density at radius 2 is 1.59 bits per heavy atom. The van der Waals surface area contributed by atoms with E-state index in [2.05, 4.69) is 0 Å². The molecule has 22 heavy (non-hydrogen) atoms. The van der Waals surface area contributed by atoms with Gasteiger partial charge in [-0.1, -0.05) is 30.7 Å². The Balaban J connectivity index is 2.22. The van der Waals surface area contributed by atoms with Crippen molar-refractivity contribution in [2.24, 2.45) is 0 Å². The van der Waals surface area contributed by atoms with Crippen molar-refractivity contribution in [2.75, 3.05) is 32.1 Å². The lowest BCUT2D eigenvalue weighted by atomic mass is 10.1. The summed E-state index contributed by atoms with van der Waals surface area (Å²) < 4.78 is 27.8. The number of benzene rings is 2. The van der Waals surface area contributed by atoms with Crippen LogP contribution in [0.4, 0.5) is 5.69 Å². The third-order valence-electron chi connectivity index (χ3n) is 4.26. The topological polar surface area (TPSA) is 40.6 Å². The largest absolute Gasteiger partial charge is 0.377 e. The number of anilines is 1. The number of nitrogens with zero attached hydrogens (tertiary/aromatic N) is 2. The zero-order valence-electron chi connectivity index (χ0n) is 13.1. The van der Waals surface area contributed by atoms with E-state index in [1.165, 1.54) is 0 Å². The van der Waals surface area contributed by atoms with Gasteiger partial charge in [0.2, 0.25) is 10.0 Å². The predicted octanol–water partition coefficient (Wildman–Crippen LogP) is 3.08. The van der Waals surface area contributed by atoms with Crippen LogP contribution in [-0.2, 0) is 10.0 Å². The Kier molecular flexibility index (Phi) is 4.10. The lowest BCUT2D eigenvalue weighted by Gasteiger charge is -2.27. The molecule has 0 saturated carbocycles. The van der Waals surface area contributed by atoms with Gasteiger partial charge in [-0.2, -0.15) is 4.31 Å². The number of hydrogen-bond donors (Lipinski definition) is 0. The highest BCUT2D eigenvalue weighted by Crippen LogP contribution is 2.33. The summed E-state index contributed by atoms with van der Waals surface area (Å²) in [5.74, 6) is 0. The third-order valence-corrected chi connectivity index (χ3v) is 6.20. The summed E-state index contributed by atoms with van der Waals surface area (Å²) in [7, 11) is 0.449. The van der Waals surface area contributed by atoms with Crippen molar-refractivity contribution in [1.82, 2.24) is 4.31 Å². The minimum Gasteiger partial charge on any atom is -0.377 e. The van der Waals surface area contributed by atoms with Gasteiger partial charge in [0.05, 0.1) is 4.90 Å². The Bertz CT molecular complexity index is 773. The first-order valence-electron chi connectivity index (χ1n) is 7.71. The summed E-state index contributed by atoms with van der Waals surface area (Å²) in [6.07, 6.45) is 3.01. The van der Waals surface area contributed by atoms with E-state index in [0.717, 1.165) is 35.7 Å². The molecule has 0 spiro atoms. The van der Waals surface area contributed by atoms with Gasteiger partial charge in [0.1, 0.15) is 0 Å². The van der Waals surface area contributed by atoms with Gasteiger partial charge in [-0.3, -0.25) is 0 Å². The molecule has 0 atom stereocenters. The van der Waals surface area contributed by atoms with Crippen LogP contribution >= 0.6 is 0 Å². The number of piperidine rings is 1. The zero-order chi connectivity index (χ0) is 15.7. The molecule has 2 aromatic rings. The maximum absolute atomic E-state index is 13.1. The van der Waals surface area contributed by atoms with Crippen molar-refractivity contribution in [1.29, 1.82) is 0 Å². The van der Waals surface area contributed by atoms with E-state index in [1.54, 1.807) is 10.4 Å². The second-order valence-electron chi connectivity index (χ2n) is 5.99. The van der Waals surface area contributed by atoms with E-state index >= 15 is 0 Å². The molecule has 0 amide bonds. The summed E-state index contributed by atoms with van der Waals surface area (Å²) in [6, 6.07) is 11.4. The Morgan fingerprint density at radius 1 is 0.955 bits per heavy atom. The third kappa shape index (κ3) is 2.59. The fraction of sp³-hybridized carbons (Fsp3) is 0.412. The van der Waals surface area contributed by atoms with Crippen LogP contribution in [-0.4, -0.2) is 39.9 Å². The van der Waals surface area contributed by atoms with Gasteiger partial charge in [0, 0.05) is 38.3 Å². The van der Waals surface area contributed by atoms with Crippen LogP contribution in [0.25, 0.3) is 10.8 Å². The molecular weight excluding hydrogens is 296 g/mol. The molecule has 0 aliphatic carbocycles. The maximum Gasteiger partial charge on any atom is 0.243 e. The van der Waals surface area contributed by atoms with E-state index in [-0.39, 0.29) is 0 Å². The van der Waals surface area contributed by atoms with Crippen LogP contribution in [0.15, 0.2) is 41.3 Å². The van der Waals surface area contributed by atoms with E-state index in [0.29, 0.717) is 18.0 Å². The second kappa shape index (κ2) is 5.89. The average molecular weight is 318 g/mol. The van der Waals surface area contributed by atoms with Crippen molar-refractivity contribution >= 4 is 26.5 Å². The summed E-state index contributed by atoms with van der Waals surface area (Å²) in [5, 5.41) is 1.78. The molecule has 1 aliphatic heterocycles. The molecule has 1 fully saturated rings. The van der Waals surface area contributed by atoms with Crippen LogP contribution < -0.4 is 4.90 Å². The highest BCUT2D eigenvalue weighted by atomic mass is 32.2. The molecular formula is C17H22N2O2S. The highest BCUT2D eigenvalue weighted by molar-refractivity contribution is 7.89. The normalized spacial score (nSPS) is 16.8. The minimum atomic E-state index is -3.44. The Morgan fingerprint density at radius 3 is 2.23 bits per heavy atom. The van der Waals surface area contributed by atoms with Crippen molar-refractivity contribution < 1.29 is 8.42 Å². The second-order valence-corrected chi connectivity index (χ2v) is 7.90. The summed E-state index contributed by atoms with van der Waals surface area (Å²) >= 11 is 0. The van der Waals surface area contributed by atoms with E-state index in [1.807, 2.05) is 49.3 Å². The van der Waals surface area contributed by atoms with Crippen LogP contribution in [0.1, 0.15) is 19.3 Å².